The highest BCUT2D eigenvalue weighted by molar-refractivity contribution is 6.21. The number of hydrogen-bond donors (Lipinski definition) is 0. The number of ketones is 1. The minimum atomic E-state index is -1.19. The van der Waals surface area contributed by atoms with E-state index in [9.17, 15) is 28.0 Å². The predicted molar refractivity (Wildman–Crippen MR) is 115 cm³/mol. The molecule has 0 bridgehead atoms. The van der Waals surface area contributed by atoms with Crippen molar-refractivity contribution in [3.63, 3.8) is 0 Å². The number of benzene rings is 3. The zero-order valence-electron chi connectivity index (χ0n) is 17.8. The van der Waals surface area contributed by atoms with Crippen molar-refractivity contribution in [3.05, 3.63) is 100 Å². The molecule has 2 amide bonds. The average Bonchev–Trinajstić information content (AvgIpc) is 3.09. The monoisotopic (exact) mass is 465 g/mol. The Morgan fingerprint density at radius 1 is 0.882 bits per heavy atom. The first-order valence-corrected chi connectivity index (χ1v) is 10.1. The number of ether oxygens (including phenoxy) is 2. The van der Waals surface area contributed by atoms with Gasteiger partial charge in [-0.2, -0.15) is 0 Å². The van der Waals surface area contributed by atoms with Crippen molar-refractivity contribution in [2.45, 2.75) is 6.54 Å². The highest BCUT2D eigenvalue weighted by Gasteiger charge is 2.35. The third kappa shape index (κ3) is 4.27. The molecule has 0 saturated carbocycles. The first-order chi connectivity index (χ1) is 16.3. The van der Waals surface area contributed by atoms with Gasteiger partial charge in [-0.15, -0.1) is 0 Å². The van der Waals surface area contributed by atoms with Gasteiger partial charge in [-0.1, -0.05) is 18.2 Å². The number of carbonyl (C=O) groups is 4. The van der Waals surface area contributed by atoms with Gasteiger partial charge in [-0.3, -0.25) is 19.3 Å². The number of nitrogens with zero attached hydrogens (tertiary/aromatic N) is 1. The van der Waals surface area contributed by atoms with E-state index in [4.69, 9.17) is 9.47 Å². The molecule has 0 fully saturated rings. The maximum Gasteiger partial charge on any atom is 0.342 e. The maximum atomic E-state index is 13.4. The minimum absolute atomic E-state index is 0.0327. The number of fused-ring (bicyclic) bond motifs is 1. The number of halogens is 2. The van der Waals surface area contributed by atoms with Crippen molar-refractivity contribution < 1.29 is 37.4 Å². The molecule has 0 atom stereocenters. The molecule has 4 rings (SSSR count). The summed E-state index contributed by atoms with van der Waals surface area (Å²) in [6, 6.07) is 13.5. The lowest BCUT2D eigenvalue weighted by atomic mass is 10.1. The van der Waals surface area contributed by atoms with Crippen LogP contribution in [0.1, 0.15) is 47.0 Å². The van der Waals surface area contributed by atoms with Gasteiger partial charge in [-0.05, 0) is 48.0 Å². The summed E-state index contributed by atoms with van der Waals surface area (Å²) in [7, 11) is 1.34. The molecule has 0 aliphatic carbocycles. The third-order valence-corrected chi connectivity index (χ3v) is 5.28. The van der Waals surface area contributed by atoms with Gasteiger partial charge in [0, 0.05) is 5.56 Å². The summed E-state index contributed by atoms with van der Waals surface area (Å²) >= 11 is 0. The molecule has 0 spiro atoms. The van der Waals surface area contributed by atoms with E-state index < -0.39 is 41.8 Å². The SMILES string of the molecule is COc1ccc(CN2C(=O)c3ccccc3C2=O)cc1C(=O)OCC(=O)c1ccc(F)c(F)c1. The van der Waals surface area contributed by atoms with Crippen LogP contribution >= 0.6 is 0 Å². The summed E-state index contributed by atoms with van der Waals surface area (Å²) < 4.78 is 36.6. The average molecular weight is 465 g/mol. The van der Waals surface area contributed by atoms with Crippen molar-refractivity contribution in [1.82, 2.24) is 4.90 Å². The number of carbonyl (C=O) groups excluding carboxylic acids is 4. The molecule has 1 aliphatic rings. The van der Waals surface area contributed by atoms with E-state index in [1.54, 1.807) is 30.3 Å². The summed E-state index contributed by atoms with van der Waals surface area (Å²) in [6.45, 7) is -0.805. The number of imide groups is 1. The summed E-state index contributed by atoms with van der Waals surface area (Å²) in [5.41, 5.74) is 0.870. The van der Waals surface area contributed by atoms with Crippen LogP contribution in [0.3, 0.4) is 0 Å². The zero-order valence-corrected chi connectivity index (χ0v) is 17.8. The van der Waals surface area contributed by atoms with Crippen molar-refractivity contribution in [1.29, 1.82) is 0 Å². The van der Waals surface area contributed by atoms with Crippen molar-refractivity contribution in [3.8, 4) is 5.75 Å². The fourth-order valence-electron chi connectivity index (χ4n) is 3.54. The molecule has 3 aromatic rings. The molecular formula is C25H17F2NO6. The van der Waals surface area contributed by atoms with Crippen LogP contribution < -0.4 is 4.74 Å². The van der Waals surface area contributed by atoms with Crippen LogP contribution in [0.2, 0.25) is 0 Å². The Hall–Kier alpha value is -4.40. The zero-order chi connectivity index (χ0) is 24.4. The number of amides is 2. The summed E-state index contributed by atoms with van der Waals surface area (Å²) in [5, 5.41) is 0. The van der Waals surface area contributed by atoms with Crippen molar-refractivity contribution in [2.75, 3.05) is 13.7 Å². The second kappa shape index (κ2) is 9.22. The standard InChI is InChI=1S/C25H17F2NO6/c1-33-22-9-6-14(12-28-23(30)16-4-2-3-5-17(16)24(28)31)10-18(22)25(32)34-13-21(29)15-7-8-19(26)20(27)11-15/h2-11H,12-13H2,1H3. The van der Waals surface area contributed by atoms with Crippen LogP contribution in [-0.4, -0.2) is 42.2 Å². The molecule has 0 unspecified atom stereocenters. The lowest BCUT2D eigenvalue weighted by Gasteiger charge is -2.16. The van der Waals surface area contributed by atoms with E-state index >= 15 is 0 Å². The van der Waals surface area contributed by atoms with Gasteiger partial charge in [-0.25, -0.2) is 13.6 Å². The van der Waals surface area contributed by atoms with E-state index in [1.165, 1.54) is 19.2 Å². The van der Waals surface area contributed by atoms with E-state index in [0.717, 1.165) is 23.1 Å². The third-order valence-electron chi connectivity index (χ3n) is 5.28. The molecule has 34 heavy (non-hydrogen) atoms. The first kappa shape index (κ1) is 22.8. The van der Waals surface area contributed by atoms with Gasteiger partial charge >= 0.3 is 5.97 Å². The Kier molecular flexibility index (Phi) is 6.18. The smallest absolute Gasteiger partial charge is 0.342 e. The van der Waals surface area contributed by atoms with E-state index in [0.29, 0.717) is 16.7 Å². The highest BCUT2D eigenvalue weighted by atomic mass is 19.2. The molecule has 1 aliphatic heterocycles. The van der Waals surface area contributed by atoms with Gasteiger partial charge in [0.15, 0.2) is 24.0 Å². The molecule has 9 heteroatoms. The van der Waals surface area contributed by atoms with Gasteiger partial charge in [0.2, 0.25) is 0 Å². The fraction of sp³-hybridized carbons (Fsp3) is 0.120. The lowest BCUT2D eigenvalue weighted by molar-refractivity contribution is 0.0471. The molecular weight excluding hydrogens is 448 g/mol. The Morgan fingerprint density at radius 3 is 2.18 bits per heavy atom. The summed E-state index contributed by atoms with van der Waals surface area (Å²) in [5.74, 6) is -4.68. The quantitative estimate of drug-likeness (QED) is 0.300. The van der Waals surface area contributed by atoms with E-state index in [-0.39, 0.29) is 23.4 Å². The van der Waals surface area contributed by atoms with Crippen LogP contribution in [-0.2, 0) is 11.3 Å². The molecule has 3 aromatic carbocycles. The minimum Gasteiger partial charge on any atom is -0.496 e. The van der Waals surface area contributed by atoms with Crippen LogP contribution in [0.4, 0.5) is 8.78 Å². The molecule has 172 valence electrons. The Balaban J connectivity index is 1.49. The molecule has 0 saturated heterocycles. The van der Waals surface area contributed by atoms with Gasteiger partial charge in [0.25, 0.3) is 11.8 Å². The predicted octanol–water partition coefficient (Wildman–Crippen LogP) is 3.81. The number of rotatable bonds is 7. The second-order valence-corrected chi connectivity index (χ2v) is 7.40. The van der Waals surface area contributed by atoms with E-state index in [1.807, 2.05) is 0 Å². The van der Waals surface area contributed by atoms with Gasteiger partial charge in [0.1, 0.15) is 11.3 Å². The lowest BCUT2D eigenvalue weighted by Crippen LogP contribution is -2.29. The normalized spacial score (nSPS) is 12.5. The topological polar surface area (TPSA) is 90.0 Å². The number of hydrogen-bond acceptors (Lipinski definition) is 6. The molecule has 7 nitrogen and oxygen atoms in total. The Labute approximate surface area is 192 Å². The summed E-state index contributed by atoms with van der Waals surface area (Å²) in [6.07, 6.45) is 0. The van der Waals surface area contributed by atoms with Crippen LogP contribution in [0, 0.1) is 11.6 Å². The molecule has 1 heterocycles. The van der Waals surface area contributed by atoms with Crippen LogP contribution in [0.15, 0.2) is 60.7 Å². The second-order valence-electron chi connectivity index (χ2n) is 7.40. The number of Topliss-reactive ketones (excluding diaryl/α,β-unsaturated/α-hetero) is 1. The molecule has 0 radical (unpaired) electrons. The first-order valence-electron chi connectivity index (χ1n) is 10.1. The molecule has 0 aromatic heterocycles. The maximum absolute atomic E-state index is 13.4. The van der Waals surface area contributed by atoms with Crippen molar-refractivity contribution in [2.24, 2.45) is 0 Å². The van der Waals surface area contributed by atoms with Gasteiger partial charge in [0.05, 0.1) is 24.8 Å². The number of methoxy groups -OCH3 is 1. The van der Waals surface area contributed by atoms with Crippen molar-refractivity contribution >= 4 is 23.6 Å². The fourth-order valence-corrected chi connectivity index (χ4v) is 3.54. The largest absolute Gasteiger partial charge is 0.496 e. The van der Waals surface area contributed by atoms with Crippen LogP contribution in [0.25, 0.3) is 0 Å². The highest BCUT2D eigenvalue weighted by Crippen LogP contribution is 2.27. The van der Waals surface area contributed by atoms with Crippen LogP contribution in [0.5, 0.6) is 5.75 Å². The van der Waals surface area contributed by atoms with E-state index in [2.05, 4.69) is 0 Å². The van der Waals surface area contributed by atoms with Gasteiger partial charge < -0.3 is 9.47 Å². The molecule has 0 N–H and O–H groups in total. The number of esters is 1. The Bertz CT molecular complexity index is 1300. The Morgan fingerprint density at radius 2 is 1.56 bits per heavy atom. The summed E-state index contributed by atoms with van der Waals surface area (Å²) in [4.78, 5) is 51.1.